The van der Waals surface area contributed by atoms with E-state index in [4.69, 9.17) is 5.11 Å². The van der Waals surface area contributed by atoms with Gasteiger partial charge in [0.2, 0.25) is 0 Å². The summed E-state index contributed by atoms with van der Waals surface area (Å²) in [6.45, 7) is 3.65. The maximum atomic E-state index is 11.3. The molecule has 0 aliphatic carbocycles. The third kappa shape index (κ3) is 2.96. The van der Waals surface area contributed by atoms with Crippen LogP contribution in [0.4, 0.5) is 0 Å². The average Bonchev–Trinajstić information content (AvgIpc) is 2.30. The fourth-order valence-corrected chi connectivity index (χ4v) is 2.35. The van der Waals surface area contributed by atoms with Crippen molar-refractivity contribution < 1.29 is 5.11 Å². The van der Waals surface area contributed by atoms with Crippen molar-refractivity contribution in [2.75, 3.05) is 0 Å². The molecule has 0 aromatic carbocycles. The summed E-state index contributed by atoms with van der Waals surface area (Å²) in [7, 11) is 0. The number of hydrogen-bond donors (Lipinski definition) is 2. The highest BCUT2D eigenvalue weighted by atomic mass is 32.2. The Kier molecular flexibility index (Phi) is 3.78. The summed E-state index contributed by atoms with van der Waals surface area (Å²) in [5.41, 5.74) is 2.21. The van der Waals surface area contributed by atoms with Crippen molar-refractivity contribution >= 4 is 11.8 Å². The van der Waals surface area contributed by atoms with Gasteiger partial charge in [0.25, 0.3) is 5.56 Å². The molecule has 0 fully saturated rings. The molecule has 6 heteroatoms. The molecule has 0 unspecified atom stereocenters. The van der Waals surface area contributed by atoms with Crippen molar-refractivity contribution in [2.45, 2.75) is 30.6 Å². The van der Waals surface area contributed by atoms with E-state index >= 15 is 0 Å². The van der Waals surface area contributed by atoms with Crippen molar-refractivity contribution in [3.8, 4) is 0 Å². The highest BCUT2D eigenvalue weighted by molar-refractivity contribution is 7.99. The SMILES string of the molecule is Cc1cc(=O)[nH]c(Sc2ncc(CO)cc2C)n1. The Morgan fingerprint density at radius 2 is 2.17 bits per heavy atom. The van der Waals surface area contributed by atoms with Crippen LogP contribution in [0.1, 0.15) is 16.8 Å². The number of aromatic amines is 1. The van der Waals surface area contributed by atoms with E-state index in [1.54, 1.807) is 13.1 Å². The number of aryl methyl sites for hydroxylation is 2. The van der Waals surface area contributed by atoms with Gasteiger partial charge in [0, 0.05) is 18.0 Å². The molecule has 94 valence electrons. The molecule has 0 atom stereocenters. The van der Waals surface area contributed by atoms with Gasteiger partial charge in [-0.25, -0.2) is 9.97 Å². The predicted octanol–water partition coefficient (Wildman–Crippen LogP) is 1.43. The zero-order valence-electron chi connectivity index (χ0n) is 10.1. The fraction of sp³-hybridized carbons (Fsp3) is 0.250. The molecule has 2 heterocycles. The number of rotatable bonds is 3. The third-order valence-electron chi connectivity index (χ3n) is 2.31. The smallest absolute Gasteiger partial charge is 0.251 e. The predicted molar refractivity (Wildman–Crippen MR) is 68.6 cm³/mol. The molecule has 0 bridgehead atoms. The van der Waals surface area contributed by atoms with Gasteiger partial charge in [-0.3, -0.25) is 4.79 Å². The minimum absolute atomic E-state index is 0.0294. The molecular weight excluding hydrogens is 250 g/mol. The summed E-state index contributed by atoms with van der Waals surface area (Å²) in [5.74, 6) is 0. The van der Waals surface area contributed by atoms with Crippen molar-refractivity contribution in [1.29, 1.82) is 0 Å². The first-order valence-corrected chi connectivity index (χ1v) is 6.22. The topological polar surface area (TPSA) is 78.9 Å². The van der Waals surface area contributed by atoms with Gasteiger partial charge in [0.05, 0.1) is 6.61 Å². The highest BCUT2D eigenvalue weighted by Gasteiger charge is 2.06. The lowest BCUT2D eigenvalue weighted by Crippen LogP contribution is -2.08. The lowest BCUT2D eigenvalue weighted by atomic mass is 10.2. The van der Waals surface area contributed by atoms with Gasteiger partial charge >= 0.3 is 0 Å². The maximum absolute atomic E-state index is 11.3. The van der Waals surface area contributed by atoms with Gasteiger partial charge < -0.3 is 10.1 Å². The Morgan fingerprint density at radius 1 is 1.39 bits per heavy atom. The summed E-state index contributed by atoms with van der Waals surface area (Å²) < 4.78 is 0. The van der Waals surface area contributed by atoms with Crippen LogP contribution >= 0.6 is 11.8 Å². The summed E-state index contributed by atoms with van der Waals surface area (Å²) >= 11 is 1.30. The van der Waals surface area contributed by atoms with Gasteiger partial charge in [-0.1, -0.05) is 0 Å². The molecule has 0 saturated heterocycles. The van der Waals surface area contributed by atoms with E-state index in [2.05, 4.69) is 15.0 Å². The fourth-order valence-electron chi connectivity index (χ4n) is 1.51. The molecule has 0 aliphatic heterocycles. The van der Waals surface area contributed by atoms with E-state index < -0.39 is 0 Å². The molecule has 0 aliphatic rings. The van der Waals surface area contributed by atoms with Crippen LogP contribution in [0.15, 0.2) is 33.3 Å². The molecule has 5 nitrogen and oxygen atoms in total. The van der Waals surface area contributed by atoms with E-state index in [-0.39, 0.29) is 12.2 Å². The van der Waals surface area contributed by atoms with E-state index in [0.29, 0.717) is 10.9 Å². The summed E-state index contributed by atoms with van der Waals surface area (Å²) in [5, 5.41) is 10.3. The van der Waals surface area contributed by atoms with Crippen LogP contribution in [0.2, 0.25) is 0 Å². The second-order valence-electron chi connectivity index (χ2n) is 3.92. The van der Waals surface area contributed by atoms with Gasteiger partial charge in [-0.15, -0.1) is 0 Å². The number of aliphatic hydroxyl groups is 1. The monoisotopic (exact) mass is 263 g/mol. The first-order chi connectivity index (χ1) is 8.58. The van der Waals surface area contributed by atoms with Crippen molar-refractivity contribution in [3.05, 3.63) is 45.5 Å². The molecule has 2 aromatic heterocycles. The van der Waals surface area contributed by atoms with Crippen LogP contribution in [0, 0.1) is 13.8 Å². The first-order valence-electron chi connectivity index (χ1n) is 5.40. The second kappa shape index (κ2) is 5.32. The Hall–Kier alpha value is -1.66. The van der Waals surface area contributed by atoms with Gasteiger partial charge in [-0.2, -0.15) is 0 Å². The number of nitrogens with one attached hydrogen (secondary N) is 1. The van der Waals surface area contributed by atoms with E-state index in [1.807, 2.05) is 13.0 Å². The molecular formula is C12H13N3O2S. The number of hydrogen-bond acceptors (Lipinski definition) is 5. The standard InChI is InChI=1S/C12H13N3O2S/c1-7-3-9(6-16)5-13-11(7)18-12-14-8(2)4-10(17)15-12/h3-5,16H,6H2,1-2H3,(H,14,15,17). The Morgan fingerprint density at radius 3 is 2.78 bits per heavy atom. The van der Waals surface area contributed by atoms with Crippen LogP contribution in [0.3, 0.4) is 0 Å². The number of aromatic nitrogens is 3. The molecule has 2 rings (SSSR count). The van der Waals surface area contributed by atoms with Crippen LogP contribution in [0.25, 0.3) is 0 Å². The summed E-state index contributed by atoms with van der Waals surface area (Å²) in [6.07, 6.45) is 1.61. The number of H-pyrrole nitrogens is 1. The summed E-state index contributed by atoms with van der Waals surface area (Å²) in [4.78, 5) is 22.5. The molecule has 2 aromatic rings. The highest BCUT2D eigenvalue weighted by Crippen LogP contribution is 2.25. The quantitative estimate of drug-likeness (QED) is 0.819. The van der Waals surface area contributed by atoms with E-state index in [9.17, 15) is 4.79 Å². The molecule has 0 saturated carbocycles. The summed E-state index contributed by atoms with van der Waals surface area (Å²) in [6, 6.07) is 3.31. The van der Waals surface area contributed by atoms with E-state index in [1.165, 1.54) is 17.8 Å². The Bertz CT molecular complexity index is 625. The minimum atomic E-state index is -0.172. The number of nitrogens with zero attached hydrogens (tertiary/aromatic N) is 2. The molecule has 0 amide bonds. The Labute approximate surface area is 108 Å². The zero-order chi connectivity index (χ0) is 13.1. The largest absolute Gasteiger partial charge is 0.392 e. The number of aliphatic hydroxyl groups excluding tert-OH is 1. The molecule has 0 radical (unpaired) electrons. The first kappa shape index (κ1) is 12.8. The van der Waals surface area contributed by atoms with Crippen molar-refractivity contribution in [1.82, 2.24) is 15.0 Å². The van der Waals surface area contributed by atoms with Gasteiger partial charge in [0.15, 0.2) is 5.16 Å². The number of pyridine rings is 1. The molecule has 2 N–H and O–H groups in total. The van der Waals surface area contributed by atoms with Crippen LogP contribution in [-0.4, -0.2) is 20.1 Å². The minimum Gasteiger partial charge on any atom is -0.392 e. The molecule has 0 spiro atoms. The Balaban J connectivity index is 2.31. The van der Waals surface area contributed by atoms with Gasteiger partial charge in [-0.05, 0) is 42.8 Å². The normalized spacial score (nSPS) is 10.6. The van der Waals surface area contributed by atoms with Crippen molar-refractivity contribution in [2.24, 2.45) is 0 Å². The maximum Gasteiger partial charge on any atom is 0.251 e. The zero-order valence-corrected chi connectivity index (χ0v) is 10.9. The van der Waals surface area contributed by atoms with Crippen LogP contribution in [-0.2, 0) is 6.61 Å². The average molecular weight is 263 g/mol. The molecule has 18 heavy (non-hydrogen) atoms. The lowest BCUT2D eigenvalue weighted by molar-refractivity contribution is 0.281. The third-order valence-corrected chi connectivity index (χ3v) is 3.32. The second-order valence-corrected chi connectivity index (χ2v) is 4.90. The van der Waals surface area contributed by atoms with E-state index in [0.717, 1.165) is 16.2 Å². The lowest BCUT2D eigenvalue weighted by Gasteiger charge is -2.05. The van der Waals surface area contributed by atoms with Gasteiger partial charge in [0.1, 0.15) is 5.03 Å². The van der Waals surface area contributed by atoms with Crippen LogP contribution < -0.4 is 5.56 Å². The van der Waals surface area contributed by atoms with Crippen molar-refractivity contribution in [3.63, 3.8) is 0 Å². The van der Waals surface area contributed by atoms with Crippen LogP contribution in [0.5, 0.6) is 0 Å².